The van der Waals surface area contributed by atoms with Crippen molar-refractivity contribution in [3.05, 3.63) is 77.5 Å². The Kier molecular flexibility index (Phi) is 6.38. The molecule has 1 amide bonds. The number of hydrogen-bond acceptors (Lipinski definition) is 3. The lowest BCUT2D eigenvalue weighted by Crippen LogP contribution is -2.39. The number of nitrogens with one attached hydrogen (secondary N) is 1. The summed E-state index contributed by atoms with van der Waals surface area (Å²) in [7, 11) is 0. The van der Waals surface area contributed by atoms with Crippen LogP contribution >= 0.6 is 0 Å². The number of anilines is 1. The van der Waals surface area contributed by atoms with Gasteiger partial charge in [-0.15, -0.1) is 0 Å². The maximum Gasteiger partial charge on any atom is 0.266 e. The summed E-state index contributed by atoms with van der Waals surface area (Å²) in [6, 6.07) is 15.5. The van der Waals surface area contributed by atoms with Gasteiger partial charge >= 0.3 is 0 Å². The predicted molar refractivity (Wildman–Crippen MR) is 103 cm³/mol. The molecule has 1 N–H and O–H groups in total. The molecule has 4 nitrogen and oxygen atoms in total. The van der Waals surface area contributed by atoms with Crippen LogP contribution in [-0.2, 0) is 11.2 Å². The van der Waals surface area contributed by atoms with Gasteiger partial charge in [0.05, 0.1) is 0 Å². The largest absolute Gasteiger partial charge is 0.355 e. The normalized spacial score (nSPS) is 15.2. The number of likely N-dealkylation sites (tertiary alicyclic amines) is 1. The predicted octanol–water partition coefficient (Wildman–Crippen LogP) is 4.27. The molecule has 0 saturated carbocycles. The van der Waals surface area contributed by atoms with Crippen molar-refractivity contribution >= 4 is 11.6 Å². The van der Waals surface area contributed by atoms with Crippen LogP contribution in [0.2, 0.25) is 0 Å². The Bertz CT molecular complexity index is 877. The highest BCUT2D eigenvalue weighted by atomic mass is 19.1. The molecule has 144 valence electrons. The molecule has 1 aliphatic rings. The van der Waals surface area contributed by atoms with Crippen LogP contribution in [0.1, 0.15) is 18.4 Å². The molecule has 0 bridgehead atoms. The highest BCUT2D eigenvalue weighted by Crippen LogP contribution is 2.23. The van der Waals surface area contributed by atoms with E-state index in [-0.39, 0.29) is 11.3 Å². The van der Waals surface area contributed by atoms with E-state index in [0.29, 0.717) is 19.0 Å². The highest BCUT2D eigenvalue weighted by molar-refractivity contribution is 5.97. The summed E-state index contributed by atoms with van der Waals surface area (Å²) < 4.78 is 27.3. The van der Waals surface area contributed by atoms with E-state index in [9.17, 15) is 18.8 Å². The van der Waals surface area contributed by atoms with Gasteiger partial charge in [-0.1, -0.05) is 36.4 Å². The molecule has 1 fully saturated rings. The number of amides is 1. The van der Waals surface area contributed by atoms with Gasteiger partial charge < -0.3 is 10.2 Å². The van der Waals surface area contributed by atoms with Gasteiger partial charge in [0.15, 0.2) is 0 Å². The van der Waals surface area contributed by atoms with Crippen LogP contribution in [0.15, 0.2) is 60.3 Å². The van der Waals surface area contributed by atoms with E-state index in [4.69, 9.17) is 0 Å². The molecule has 0 atom stereocenters. The minimum atomic E-state index is -0.789. The number of para-hydroxylation sites is 1. The molecule has 1 heterocycles. The van der Waals surface area contributed by atoms with Crippen LogP contribution in [0.4, 0.5) is 14.5 Å². The molecule has 0 aliphatic carbocycles. The van der Waals surface area contributed by atoms with E-state index in [1.807, 2.05) is 24.3 Å². The number of rotatable bonds is 5. The second kappa shape index (κ2) is 9.14. The van der Waals surface area contributed by atoms with Crippen LogP contribution in [-0.4, -0.2) is 23.9 Å². The third kappa shape index (κ3) is 4.74. The number of carbonyl (C=O) groups is 1. The second-order valence-corrected chi connectivity index (χ2v) is 6.84. The molecule has 6 heteroatoms. The molecule has 28 heavy (non-hydrogen) atoms. The Morgan fingerprint density at radius 3 is 2.36 bits per heavy atom. The minimum Gasteiger partial charge on any atom is -0.355 e. The van der Waals surface area contributed by atoms with Gasteiger partial charge in [0.2, 0.25) is 0 Å². The number of halogens is 2. The molecule has 1 saturated heterocycles. The van der Waals surface area contributed by atoms with Crippen LogP contribution in [0, 0.1) is 28.9 Å². The summed E-state index contributed by atoms with van der Waals surface area (Å²) >= 11 is 0. The van der Waals surface area contributed by atoms with E-state index < -0.39 is 17.5 Å². The molecule has 3 rings (SSSR count). The van der Waals surface area contributed by atoms with Crippen molar-refractivity contribution in [2.24, 2.45) is 5.92 Å². The fourth-order valence-corrected chi connectivity index (χ4v) is 3.38. The molecule has 0 radical (unpaired) electrons. The first-order chi connectivity index (χ1) is 13.6. The topological polar surface area (TPSA) is 56.1 Å². The zero-order valence-electron chi connectivity index (χ0n) is 15.4. The van der Waals surface area contributed by atoms with Crippen LogP contribution in [0.5, 0.6) is 0 Å². The molecule has 1 aliphatic heterocycles. The highest BCUT2D eigenvalue weighted by Gasteiger charge is 2.25. The van der Waals surface area contributed by atoms with Gasteiger partial charge in [-0.3, -0.25) is 4.79 Å². The van der Waals surface area contributed by atoms with Gasteiger partial charge in [-0.2, -0.15) is 5.26 Å². The van der Waals surface area contributed by atoms with Crippen molar-refractivity contribution < 1.29 is 13.6 Å². The number of benzene rings is 2. The zero-order valence-corrected chi connectivity index (χ0v) is 15.4. The maximum atomic E-state index is 13.7. The molecule has 2 aromatic rings. The number of hydrogen-bond donors (Lipinski definition) is 1. The lowest BCUT2D eigenvalue weighted by molar-refractivity contribution is -0.128. The monoisotopic (exact) mass is 381 g/mol. The van der Waals surface area contributed by atoms with Gasteiger partial charge in [0, 0.05) is 19.3 Å². The van der Waals surface area contributed by atoms with Crippen molar-refractivity contribution in [1.82, 2.24) is 4.90 Å². The van der Waals surface area contributed by atoms with Crippen molar-refractivity contribution in [3.8, 4) is 6.07 Å². The number of piperidine rings is 1. The van der Waals surface area contributed by atoms with E-state index >= 15 is 0 Å². The van der Waals surface area contributed by atoms with Crippen molar-refractivity contribution in [3.63, 3.8) is 0 Å². The number of nitriles is 1. The average molecular weight is 381 g/mol. The summed E-state index contributed by atoms with van der Waals surface area (Å²) in [5.41, 5.74) is 0.717. The minimum absolute atomic E-state index is 0.177. The molecule has 0 spiro atoms. The third-order valence-electron chi connectivity index (χ3n) is 4.94. The van der Waals surface area contributed by atoms with E-state index in [1.54, 1.807) is 4.90 Å². The van der Waals surface area contributed by atoms with Crippen LogP contribution < -0.4 is 5.32 Å². The quantitative estimate of drug-likeness (QED) is 0.622. The fourth-order valence-electron chi connectivity index (χ4n) is 3.38. The first kappa shape index (κ1) is 19.6. The summed E-state index contributed by atoms with van der Waals surface area (Å²) in [4.78, 5) is 14.2. The first-order valence-corrected chi connectivity index (χ1v) is 9.22. The van der Waals surface area contributed by atoms with Gasteiger partial charge in [-0.05, 0) is 42.9 Å². The molecule has 2 aromatic carbocycles. The standard InChI is InChI=1S/C22H21F2N3O/c23-19-7-4-8-20(24)21(19)26-15-18(14-25)22(28)27-11-9-17(10-12-27)13-16-5-2-1-3-6-16/h1-8,15,17,26H,9-13H2/b18-15-. The van der Waals surface area contributed by atoms with Crippen molar-refractivity contribution in [2.45, 2.75) is 19.3 Å². The van der Waals surface area contributed by atoms with Gasteiger partial charge in [0.25, 0.3) is 5.91 Å². The van der Waals surface area contributed by atoms with E-state index in [1.165, 1.54) is 11.6 Å². The lowest BCUT2D eigenvalue weighted by Gasteiger charge is -2.32. The Morgan fingerprint density at radius 2 is 1.75 bits per heavy atom. The Labute approximate surface area is 163 Å². The van der Waals surface area contributed by atoms with Crippen molar-refractivity contribution in [1.29, 1.82) is 5.26 Å². The smallest absolute Gasteiger partial charge is 0.266 e. The first-order valence-electron chi connectivity index (χ1n) is 9.22. The maximum absolute atomic E-state index is 13.7. The third-order valence-corrected chi connectivity index (χ3v) is 4.94. The molecular formula is C22H21F2N3O. The SMILES string of the molecule is N#C/C(=C/Nc1c(F)cccc1F)C(=O)N1CCC(Cc2ccccc2)CC1. The Balaban J connectivity index is 1.59. The average Bonchev–Trinajstić information content (AvgIpc) is 2.71. The summed E-state index contributed by atoms with van der Waals surface area (Å²) in [5, 5.41) is 11.7. The molecule has 0 unspecified atom stereocenters. The van der Waals surface area contributed by atoms with Crippen LogP contribution in [0.3, 0.4) is 0 Å². The van der Waals surface area contributed by atoms with Gasteiger partial charge in [-0.25, -0.2) is 8.78 Å². The Morgan fingerprint density at radius 1 is 1.11 bits per heavy atom. The lowest BCUT2D eigenvalue weighted by atomic mass is 9.90. The Hall–Kier alpha value is -3.20. The molecule has 0 aromatic heterocycles. The zero-order chi connectivity index (χ0) is 19.9. The fraction of sp³-hybridized carbons (Fsp3) is 0.273. The summed E-state index contributed by atoms with van der Waals surface area (Å²) in [6.07, 6.45) is 3.75. The van der Waals surface area contributed by atoms with Crippen molar-refractivity contribution in [2.75, 3.05) is 18.4 Å². The van der Waals surface area contributed by atoms with Crippen LogP contribution in [0.25, 0.3) is 0 Å². The van der Waals surface area contributed by atoms with E-state index in [2.05, 4.69) is 17.4 Å². The summed E-state index contributed by atoms with van der Waals surface area (Å²) in [5.74, 6) is -1.51. The van der Waals surface area contributed by atoms with Gasteiger partial charge in [0.1, 0.15) is 29.0 Å². The summed E-state index contributed by atoms with van der Waals surface area (Å²) in [6.45, 7) is 1.12. The number of carbonyl (C=O) groups excluding carboxylic acids is 1. The van der Waals surface area contributed by atoms with E-state index in [0.717, 1.165) is 37.6 Å². The second-order valence-electron chi connectivity index (χ2n) is 6.84. The molecular weight excluding hydrogens is 360 g/mol. The number of nitrogens with zero attached hydrogens (tertiary/aromatic N) is 2.